The minimum absolute atomic E-state index is 0.315. The molecule has 84 valence electrons. The molecule has 1 aromatic rings. The van der Waals surface area contributed by atoms with Gasteiger partial charge in [0.05, 0.1) is 5.69 Å². The summed E-state index contributed by atoms with van der Waals surface area (Å²) in [6.45, 7) is 1.31. The number of fused-ring (bicyclic) bond motifs is 2. The number of hydrogen-bond acceptors (Lipinski definition) is 3. The standard InChI is InChI=1S/C11H11FN2O2/c12-7-1-2-9-8(5-7)11(3-4-13-6-11)16-10(15)14-9/h1-2,5,13H,3-4,6H2,(H,14,15). The summed E-state index contributed by atoms with van der Waals surface area (Å²) in [6, 6.07) is 4.34. The van der Waals surface area contributed by atoms with E-state index in [2.05, 4.69) is 10.6 Å². The van der Waals surface area contributed by atoms with Crippen molar-refractivity contribution in [2.75, 3.05) is 18.4 Å². The normalized spacial score (nSPS) is 27.4. The van der Waals surface area contributed by atoms with E-state index >= 15 is 0 Å². The SMILES string of the molecule is O=C1Nc2ccc(F)cc2C2(CCNC2)O1. The first-order valence-corrected chi connectivity index (χ1v) is 5.20. The maximum atomic E-state index is 13.2. The molecular formula is C11H11FN2O2. The Labute approximate surface area is 91.8 Å². The van der Waals surface area contributed by atoms with Crippen molar-refractivity contribution < 1.29 is 13.9 Å². The smallest absolute Gasteiger partial charge is 0.412 e. The van der Waals surface area contributed by atoms with E-state index in [0.717, 1.165) is 12.1 Å². The highest BCUT2D eigenvalue weighted by atomic mass is 19.1. The average molecular weight is 222 g/mol. The van der Waals surface area contributed by atoms with Crippen molar-refractivity contribution in [3.8, 4) is 0 Å². The first-order valence-electron chi connectivity index (χ1n) is 5.20. The number of anilines is 1. The van der Waals surface area contributed by atoms with E-state index in [1.54, 1.807) is 6.07 Å². The fourth-order valence-corrected chi connectivity index (χ4v) is 2.36. The molecule has 5 heteroatoms. The van der Waals surface area contributed by atoms with Gasteiger partial charge in [0.25, 0.3) is 0 Å². The predicted molar refractivity (Wildman–Crippen MR) is 55.7 cm³/mol. The largest absolute Gasteiger partial charge is 0.436 e. The zero-order valence-corrected chi connectivity index (χ0v) is 8.55. The van der Waals surface area contributed by atoms with Gasteiger partial charge in [0.1, 0.15) is 5.82 Å². The van der Waals surface area contributed by atoms with Gasteiger partial charge in [-0.05, 0) is 24.7 Å². The van der Waals surface area contributed by atoms with E-state index in [-0.39, 0.29) is 5.82 Å². The van der Waals surface area contributed by atoms with Crippen LogP contribution in [0.15, 0.2) is 18.2 Å². The van der Waals surface area contributed by atoms with E-state index in [4.69, 9.17) is 4.74 Å². The van der Waals surface area contributed by atoms with Crippen molar-refractivity contribution in [2.45, 2.75) is 12.0 Å². The monoisotopic (exact) mass is 222 g/mol. The van der Waals surface area contributed by atoms with Gasteiger partial charge in [-0.3, -0.25) is 5.32 Å². The van der Waals surface area contributed by atoms with Crippen LogP contribution in [-0.4, -0.2) is 19.2 Å². The summed E-state index contributed by atoms with van der Waals surface area (Å²) in [6.07, 6.45) is 0.208. The topological polar surface area (TPSA) is 50.4 Å². The second kappa shape index (κ2) is 3.18. The minimum atomic E-state index is -0.695. The van der Waals surface area contributed by atoms with Gasteiger partial charge in [0.2, 0.25) is 0 Å². The maximum absolute atomic E-state index is 13.2. The van der Waals surface area contributed by atoms with Gasteiger partial charge in [-0.15, -0.1) is 0 Å². The molecular weight excluding hydrogens is 211 g/mol. The zero-order chi connectivity index (χ0) is 11.2. The fraction of sp³-hybridized carbons (Fsp3) is 0.364. The molecule has 0 bridgehead atoms. The van der Waals surface area contributed by atoms with Crippen LogP contribution in [0.2, 0.25) is 0 Å². The summed E-state index contributed by atoms with van der Waals surface area (Å²) in [7, 11) is 0. The Hall–Kier alpha value is -1.62. The molecule has 4 nitrogen and oxygen atoms in total. The number of halogens is 1. The molecule has 2 aliphatic heterocycles. The predicted octanol–water partition coefficient (Wildman–Crippen LogP) is 1.58. The lowest BCUT2D eigenvalue weighted by atomic mass is 9.90. The summed E-state index contributed by atoms with van der Waals surface area (Å²) in [5.41, 5.74) is 0.665. The molecule has 1 fully saturated rings. The average Bonchev–Trinajstić information content (AvgIpc) is 2.69. The quantitative estimate of drug-likeness (QED) is 0.700. The van der Waals surface area contributed by atoms with Crippen LogP contribution < -0.4 is 10.6 Å². The fourth-order valence-electron chi connectivity index (χ4n) is 2.36. The van der Waals surface area contributed by atoms with Crippen LogP contribution >= 0.6 is 0 Å². The molecule has 3 rings (SSSR count). The van der Waals surface area contributed by atoms with Gasteiger partial charge in [0, 0.05) is 18.5 Å². The Morgan fingerprint density at radius 3 is 3.06 bits per heavy atom. The van der Waals surface area contributed by atoms with Gasteiger partial charge in [-0.25, -0.2) is 9.18 Å². The van der Waals surface area contributed by atoms with E-state index in [1.165, 1.54) is 12.1 Å². The van der Waals surface area contributed by atoms with Crippen molar-refractivity contribution in [1.82, 2.24) is 5.32 Å². The summed E-state index contributed by atoms with van der Waals surface area (Å²) < 4.78 is 18.6. The Balaban J connectivity index is 2.16. The molecule has 1 aromatic carbocycles. The number of ether oxygens (including phenoxy) is 1. The van der Waals surface area contributed by atoms with Crippen molar-refractivity contribution in [1.29, 1.82) is 0 Å². The number of nitrogens with one attached hydrogen (secondary N) is 2. The van der Waals surface area contributed by atoms with Crippen molar-refractivity contribution in [2.24, 2.45) is 0 Å². The maximum Gasteiger partial charge on any atom is 0.412 e. The van der Waals surface area contributed by atoms with Gasteiger partial charge in [-0.2, -0.15) is 0 Å². The molecule has 0 aromatic heterocycles. The van der Waals surface area contributed by atoms with Gasteiger partial charge in [0.15, 0.2) is 5.60 Å². The molecule has 1 spiro atoms. The molecule has 2 heterocycles. The Morgan fingerprint density at radius 1 is 1.44 bits per heavy atom. The van der Waals surface area contributed by atoms with E-state index in [1.807, 2.05) is 0 Å². The molecule has 1 amide bonds. The third kappa shape index (κ3) is 1.28. The lowest BCUT2D eigenvalue weighted by Gasteiger charge is -2.34. The summed E-state index contributed by atoms with van der Waals surface area (Å²) in [4.78, 5) is 11.4. The van der Waals surface area contributed by atoms with Crippen LogP contribution in [0.3, 0.4) is 0 Å². The first kappa shape index (κ1) is 9.59. The van der Waals surface area contributed by atoms with Crippen LogP contribution in [0.4, 0.5) is 14.9 Å². The molecule has 1 unspecified atom stereocenters. The molecule has 16 heavy (non-hydrogen) atoms. The number of hydrogen-bond donors (Lipinski definition) is 2. The van der Waals surface area contributed by atoms with Gasteiger partial charge < -0.3 is 10.1 Å². The van der Waals surface area contributed by atoms with Crippen molar-refractivity contribution >= 4 is 11.8 Å². The molecule has 2 N–H and O–H groups in total. The highest BCUT2D eigenvalue weighted by Gasteiger charge is 2.44. The van der Waals surface area contributed by atoms with E-state index in [9.17, 15) is 9.18 Å². The number of carbonyl (C=O) groups is 1. The van der Waals surface area contributed by atoms with Crippen molar-refractivity contribution in [3.63, 3.8) is 0 Å². The number of amides is 1. The Kier molecular flexibility index (Phi) is 1.91. The van der Waals surface area contributed by atoms with Crippen LogP contribution in [0.25, 0.3) is 0 Å². The van der Waals surface area contributed by atoms with Crippen LogP contribution in [0, 0.1) is 5.82 Å². The summed E-state index contributed by atoms with van der Waals surface area (Å²) in [5, 5.41) is 5.72. The van der Waals surface area contributed by atoms with E-state index < -0.39 is 11.7 Å². The lowest BCUT2D eigenvalue weighted by Crippen LogP contribution is -2.41. The molecule has 0 radical (unpaired) electrons. The highest BCUT2D eigenvalue weighted by molar-refractivity contribution is 5.88. The molecule has 1 saturated heterocycles. The molecule has 0 saturated carbocycles. The molecule has 0 aliphatic carbocycles. The van der Waals surface area contributed by atoms with Crippen LogP contribution in [-0.2, 0) is 10.3 Å². The number of rotatable bonds is 0. The third-order valence-corrected chi connectivity index (χ3v) is 3.11. The second-order valence-electron chi connectivity index (χ2n) is 4.13. The first-order chi connectivity index (χ1) is 7.70. The summed E-state index contributed by atoms with van der Waals surface area (Å²) >= 11 is 0. The third-order valence-electron chi connectivity index (χ3n) is 3.11. The number of carbonyl (C=O) groups excluding carboxylic acids is 1. The van der Waals surface area contributed by atoms with Crippen molar-refractivity contribution in [3.05, 3.63) is 29.6 Å². The second-order valence-corrected chi connectivity index (χ2v) is 4.13. The molecule has 1 atom stereocenters. The van der Waals surface area contributed by atoms with Crippen LogP contribution in [0.1, 0.15) is 12.0 Å². The highest BCUT2D eigenvalue weighted by Crippen LogP contribution is 2.40. The lowest BCUT2D eigenvalue weighted by molar-refractivity contribution is 0.0275. The summed E-state index contributed by atoms with van der Waals surface area (Å²) in [5.74, 6) is -0.315. The Morgan fingerprint density at radius 2 is 2.31 bits per heavy atom. The zero-order valence-electron chi connectivity index (χ0n) is 8.55. The van der Waals surface area contributed by atoms with E-state index in [0.29, 0.717) is 18.7 Å². The minimum Gasteiger partial charge on any atom is -0.436 e. The van der Waals surface area contributed by atoms with Gasteiger partial charge >= 0.3 is 6.09 Å². The Bertz CT molecular complexity index is 455. The molecule has 2 aliphatic rings. The van der Waals surface area contributed by atoms with Crippen LogP contribution in [0.5, 0.6) is 0 Å². The van der Waals surface area contributed by atoms with Gasteiger partial charge in [-0.1, -0.05) is 0 Å². The number of benzene rings is 1.